The molecule has 0 saturated carbocycles. The van der Waals surface area contributed by atoms with Crippen molar-refractivity contribution < 1.29 is 23.4 Å². The van der Waals surface area contributed by atoms with Crippen molar-refractivity contribution in [3.63, 3.8) is 0 Å². The van der Waals surface area contributed by atoms with Crippen molar-refractivity contribution in [2.24, 2.45) is 0 Å². The molecule has 0 radical (unpaired) electrons. The van der Waals surface area contributed by atoms with E-state index in [1.165, 1.54) is 4.70 Å². The van der Waals surface area contributed by atoms with Gasteiger partial charge in [-0.05, 0) is 60.7 Å². The predicted molar refractivity (Wildman–Crippen MR) is 151 cm³/mol. The molecular weight excluding hydrogens is 500 g/mol. The van der Waals surface area contributed by atoms with Gasteiger partial charge >= 0.3 is 0 Å². The minimum absolute atomic E-state index is 0.571. The summed E-state index contributed by atoms with van der Waals surface area (Å²) >= 11 is 1.68. The summed E-state index contributed by atoms with van der Waals surface area (Å²) < 4.78 is 28.0. The number of hydrogen-bond acceptors (Lipinski definition) is 8. The van der Waals surface area contributed by atoms with E-state index in [0.29, 0.717) is 17.4 Å². The third kappa shape index (κ3) is 5.12. The number of thiazole rings is 1. The zero-order valence-corrected chi connectivity index (χ0v) is 22.2. The molecule has 2 aromatic heterocycles. The third-order valence-corrected chi connectivity index (χ3v) is 6.93. The van der Waals surface area contributed by atoms with Gasteiger partial charge in [-0.25, -0.2) is 9.97 Å². The third-order valence-electron chi connectivity index (χ3n) is 5.85. The number of ether oxygens (including phenoxy) is 4. The standard InChI is InChI=1S/C15H13NO3.C15H13NO2S/c1-17-13-8-7-10(9-14(13)18-2)15-16-11-5-3-4-6-12(11)19-15;1-17-12-8-7-10(9-13(12)18-2)15-16-11-5-3-4-6-14(11)19-15/h2*3-9H,1-2H3. The molecule has 0 fully saturated rings. The maximum Gasteiger partial charge on any atom is 0.227 e. The molecule has 0 unspecified atom stereocenters. The van der Waals surface area contributed by atoms with Crippen LogP contribution in [-0.4, -0.2) is 38.4 Å². The fourth-order valence-electron chi connectivity index (χ4n) is 3.93. The van der Waals surface area contributed by atoms with Gasteiger partial charge in [0, 0.05) is 11.1 Å². The molecule has 38 heavy (non-hydrogen) atoms. The van der Waals surface area contributed by atoms with E-state index < -0.39 is 0 Å². The highest BCUT2D eigenvalue weighted by Gasteiger charge is 2.12. The average Bonchev–Trinajstić information content (AvgIpc) is 3.61. The predicted octanol–water partition coefficient (Wildman–Crippen LogP) is 7.49. The lowest BCUT2D eigenvalue weighted by molar-refractivity contribution is 0.355. The van der Waals surface area contributed by atoms with Crippen molar-refractivity contribution in [1.29, 1.82) is 0 Å². The molecule has 0 aliphatic heterocycles. The monoisotopic (exact) mass is 526 g/mol. The van der Waals surface area contributed by atoms with Gasteiger partial charge in [0.05, 0.1) is 38.7 Å². The van der Waals surface area contributed by atoms with Gasteiger partial charge in [0.1, 0.15) is 10.5 Å². The Labute approximate surface area is 224 Å². The van der Waals surface area contributed by atoms with Gasteiger partial charge in [-0.1, -0.05) is 24.3 Å². The Morgan fingerprint density at radius 3 is 1.79 bits per heavy atom. The second-order valence-electron chi connectivity index (χ2n) is 8.11. The van der Waals surface area contributed by atoms with Gasteiger partial charge in [0.2, 0.25) is 5.89 Å². The maximum atomic E-state index is 5.72. The Morgan fingerprint density at radius 1 is 0.579 bits per heavy atom. The van der Waals surface area contributed by atoms with E-state index in [4.69, 9.17) is 23.4 Å². The molecule has 0 aliphatic rings. The van der Waals surface area contributed by atoms with Gasteiger partial charge < -0.3 is 23.4 Å². The number of aromatic nitrogens is 2. The Morgan fingerprint density at radius 2 is 1.16 bits per heavy atom. The van der Waals surface area contributed by atoms with Crippen LogP contribution in [0.25, 0.3) is 43.3 Å². The zero-order chi connectivity index (χ0) is 26.5. The first kappa shape index (κ1) is 25.1. The minimum Gasteiger partial charge on any atom is -0.493 e. The van der Waals surface area contributed by atoms with E-state index >= 15 is 0 Å². The van der Waals surface area contributed by atoms with Crippen LogP contribution in [0.3, 0.4) is 0 Å². The molecule has 0 N–H and O–H groups in total. The molecule has 6 aromatic rings. The van der Waals surface area contributed by atoms with Crippen LogP contribution in [0, 0.1) is 0 Å². The Hall–Kier alpha value is -4.56. The lowest BCUT2D eigenvalue weighted by Gasteiger charge is -2.08. The fourth-order valence-corrected chi connectivity index (χ4v) is 4.89. The van der Waals surface area contributed by atoms with Gasteiger partial charge in [-0.15, -0.1) is 11.3 Å². The molecule has 0 saturated heterocycles. The summed E-state index contributed by atoms with van der Waals surface area (Å²) in [6.45, 7) is 0. The van der Waals surface area contributed by atoms with Crippen molar-refractivity contribution in [2.45, 2.75) is 0 Å². The number of fused-ring (bicyclic) bond motifs is 2. The van der Waals surface area contributed by atoms with Crippen LogP contribution in [0.1, 0.15) is 0 Å². The molecule has 6 rings (SSSR count). The Balaban J connectivity index is 0.000000155. The maximum absolute atomic E-state index is 5.72. The molecule has 0 atom stereocenters. The topological polar surface area (TPSA) is 75.8 Å². The molecule has 7 nitrogen and oxygen atoms in total. The van der Waals surface area contributed by atoms with Gasteiger partial charge in [-0.3, -0.25) is 0 Å². The smallest absolute Gasteiger partial charge is 0.227 e. The summed E-state index contributed by atoms with van der Waals surface area (Å²) in [5.41, 5.74) is 4.53. The van der Waals surface area contributed by atoms with Gasteiger partial charge in [0.25, 0.3) is 0 Å². The molecule has 0 amide bonds. The number of nitrogens with zero attached hydrogens (tertiary/aromatic N) is 2. The largest absolute Gasteiger partial charge is 0.493 e. The highest BCUT2D eigenvalue weighted by atomic mass is 32.1. The molecule has 4 aromatic carbocycles. The summed E-state index contributed by atoms with van der Waals surface area (Å²) in [5.74, 6) is 3.36. The number of oxazole rings is 1. The zero-order valence-electron chi connectivity index (χ0n) is 21.4. The van der Waals surface area contributed by atoms with Crippen molar-refractivity contribution in [1.82, 2.24) is 9.97 Å². The first-order valence-corrected chi connectivity index (χ1v) is 12.6. The van der Waals surface area contributed by atoms with Gasteiger partial charge in [-0.2, -0.15) is 0 Å². The van der Waals surface area contributed by atoms with Crippen LogP contribution >= 0.6 is 11.3 Å². The second-order valence-corrected chi connectivity index (χ2v) is 9.14. The van der Waals surface area contributed by atoms with Crippen LogP contribution in [0.2, 0.25) is 0 Å². The number of para-hydroxylation sites is 3. The van der Waals surface area contributed by atoms with Crippen molar-refractivity contribution in [2.75, 3.05) is 28.4 Å². The molecule has 0 spiro atoms. The van der Waals surface area contributed by atoms with E-state index in [1.54, 1.807) is 39.8 Å². The van der Waals surface area contributed by atoms with Crippen LogP contribution in [0.15, 0.2) is 89.3 Å². The number of methoxy groups -OCH3 is 4. The Kier molecular flexibility index (Phi) is 7.42. The lowest BCUT2D eigenvalue weighted by Crippen LogP contribution is -1.90. The summed E-state index contributed by atoms with van der Waals surface area (Å²) in [7, 11) is 6.49. The van der Waals surface area contributed by atoms with Crippen molar-refractivity contribution in [3.8, 4) is 45.0 Å². The van der Waals surface area contributed by atoms with E-state index in [0.717, 1.165) is 44.2 Å². The molecule has 8 heteroatoms. The van der Waals surface area contributed by atoms with E-state index in [2.05, 4.69) is 16.0 Å². The van der Waals surface area contributed by atoms with E-state index in [1.807, 2.05) is 78.9 Å². The highest BCUT2D eigenvalue weighted by Crippen LogP contribution is 2.36. The molecule has 0 bridgehead atoms. The fraction of sp³-hybridized carbons (Fsp3) is 0.133. The van der Waals surface area contributed by atoms with Gasteiger partial charge in [0.15, 0.2) is 28.6 Å². The summed E-state index contributed by atoms with van der Waals surface area (Å²) in [6.07, 6.45) is 0. The van der Waals surface area contributed by atoms with E-state index in [9.17, 15) is 0 Å². The Bertz CT molecular complexity index is 1500. The molecule has 0 aliphatic carbocycles. The highest BCUT2D eigenvalue weighted by molar-refractivity contribution is 7.21. The number of benzene rings is 4. The van der Waals surface area contributed by atoms with Crippen molar-refractivity contribution >= 4 is 32.7 Å². The first-order valence-electron chi connectivity index (χ1n) is 11.8. The summed E-state index contributed by atoms with van der Waals surface area (Å²) in [4.78, 5) is 9.09. The van der Waals surface area contributed by atoms with Crippen molar-refractivity contribution in [3.05, 3.63) is 84.9 Å². The molecule has 192 valence electrons. The molecule has 2 heterocycles. The number of rotatable bonds is 6. The van der Waals surface area contributed by atoms with E-state index in [-0.39, 0.29) is 0 Å². The lowest BCUT2D eigenvalue weighted by atomic mass is 10.2. The SMILES string of the molecule is COc1ccc(-c2nc3ccccc3o2)cc1OC.COc1ccc(-c2nc3ccccc3s2)cc1OC. The first-order chi connectivity index (χ1) is 18.6. The molecular formula is C30H26N2O5S. The van der Waals surface area contributed by atoms with Crippen LogP contribution in [0.4, 0.5) is 0 Å². The minimum atomic E-state index is 0.571. The summed E-state index contributed by atoms with van der Waals surface area (Å²) in [5, 5.41) is 0.988. The van der Waals surface area contributed by atoms with Crippen LogP contribution in [0.5, 0.6) is 23.0 Å². The van der Waals surface area contributed by atoms with Crippen LogP contribution in [-0.2, 0) is 0 Å². The summed E-state index contributed by atoms with van der Waals surface area (Å²) in [6, 6.07) is 27.2. The normalized spacial score (nSPS) is 10.6. The second kappa shape index (κ2) is 11.2. The quantitative estimate of drug-likeness (QED) is 0.222. The van der Waals surface area contributed by atoms with Crippen LogP contribution < -0.4 is 18.9 Å². The average molecular weight is 527 g/mol. The number of hydrogen-bond donors (Lipinski definition) is 0.